The van der Waals surface area contributed by atoms with Crippen molar-refractivity contribution in [1.29, 1.82) is 0 Å². The molecule has 0 atom stereocenters. The molecule has 30 heavy (non-hydrogen) atoms. The van der Waals surface area contributed by atoms with Crippen molar-refractivity contribution in [3.05, 3.63) is 63.0 Å². The fraction of sp³-hybridized carbons (Fsp3) is 0.190. The van der Waals surface area contributed by atoms with Crippen LogP contribution in [0, 0.1) is 0 Å². The number of ether oxygens (including phenoxy) is 2. The molecule has 9 heteroatoms. The van der Waals surface area contributed by atoms with Gasteiger partial charge in [-0.3, -0.25) is 15.0 Å². The third kappa shape index (κ3) is 5.21. The Labute approximate surface area is 192 Å². The molecular formula is C21H19BrN2O4S2. The van der Waals surface area contributed by atoms with Gasteiger partial charge in [0.25, 0.3) is 11.8 Å². The number of amides is 2. The number of carbonyl (C=O) groups excluding carboxylic acids is 2. The molecule has 2 aromatic rings. The van der Waals surface area contributed by atoms with E-state index < -0.39 is 5.91 Å². The minimum absolute atomic E-state index is 0.0534. The molecule has 1 heterocycles. The lowest BCUT2D eigenvalue weighted by molar-refractivity contribution is -0.123. The van der Waals surface area contributed by atoms with Gasteiger partial charge in [-0.2, -0.15) is 5.01 Å². The minimum atomic E-state index is -0.437. The molecule has 3 rings (SSSR count). The van der Waals surface area contributed by atoms with Gasteiger partial charge in [-0.05, 0) is 90.0 Å². The maximum absolute atomic E-state index is 12.8. The number of nitrogens with one attached hydrogen (secondary N) is 1. The second-order valence-corrected chi connectivity index (χ2v) is 9.07. The van der Waals surface area contributed by atoms with Crippen LogP contribution >= 0.6 is 39.9 Å². The Bertz CT molecular complexity index is 1020. The maximum atomic E-state index is 12.8. The smallest absolute Gasteiger partial charge is 0.285 e. The van der Waals surface area contributed by atoms with Crippen LogP contribution in [0.2, 0.25) is 0 Å². The molecule has 0 unspecified atom stereocenters. The highest BCUT2D eigenvalue weighted by Crippen LogP contribution is 2.33. The lowest BCUT2D eigenvalue weighted by Gasteiger charge is -2.15. The van der Waals surface area contributed by atoms with Crippen molar-refractivity contribution in [3.63, 3.8) is 0 Å². The first-order valence-electron chi connectivity index (χ1n) is 8.97. The molecule has 1 aliphatic heterocycles. The third-order valence-electron chi connectivity index (χ3n) is 3.98. The Balaban J connectivity index is 1.73. The molecule has 0 saturated carbocycles. The van der Waals surface area contributed by atoms with E-state index in [2.05, 4.69) is 21.4 Å². The summed E-state index contributed by atoms with van der Waals surface area (Å²) in [6.45, 7) is 3.90. The van der Waals surface area contributed by atoms with Gasteiger partial charge in [0, 0.05) is 5.56 Å². The minimum Gasteiger partial charge on any atom is -0.497 e. The molecule has 1 saturated heterocycles. The monoisotopic (exact) mass is 506 g/mol. The Morgan fingerprint density at radius 1 is 1.23 bits per heavy atom. The Hall–Kier alpha value is -2.36. The average molecular weight is 507 g/mol. The first-order chi connectivity index (χ1) is 14.3. The Morgan fingerprint density at radius 3 is 2.53 bits per heavy atom. The zero-order chi connectivity index (χ0) is 21.8. The largest absolute Gasteiger partial charge is 0.497 e. The van der Waals surface area contributed by atoms with Gasteiger partial charge in [0.05, 0.1) is 22.6 Å². The van der Waals surface area contributed by atoms with Crippen LogP contribution in [0.15, 0.2) is 51.8 Å². The van der Waals surface area contributed by atoms with Crippen molar-refractivity contribution in [1.82, 2.24) is 10.4 Å². The molecule has 6 nitrogen and oxygen atoms in total. The Morgan fingerprint density at radius 2 is 1.93 bits per heavy atom. The Kier molecular flexibility index (Phi) is 7.17. The highest BCUT2D eigenvalue weighted by atomic mass is 79.9. The third-order valence-corrected chi connectivity index (χ3v) is 5.90. The van der Waals surface area contributed by atoms with Crippen LogP contribution < -0.4 is 14.9 Å². The number of benzene rings is 2. The second kappa shape index (κ2) is 9.63. The molecule has 156 valence electrons. The van der Waals surface area contributed by atoms with Gasteiger partial charge in [0.1, 0.15) is 11.5 Å². The van der Waals surface area contributed by atoms with Crippen LogP contribution in [0.4, 0.5) is 0 Å². The van der Waals surface area contributed by atoms with Crippen LogP contribution in [0.3, 0.4) is 0 Å². The highest BCUT2D eigenvalue weighted by molar-refractivity contribution is 9.10. The number of thioether (sulfide) groups is 1. The summed E-state index contributed by atoms with van der Waals surface area (Å²) >= 11 is 9.89. The van der Waals surface area contributed by atoms with Crippen LogP contribution in [-0.2, 0) is 4.79 Å². The fourth-order valence-corrected chi connectivity index (χ4v) is 4.25. The number of methoxy groups -OCH3 is 1. The predicted octanol–water partition coefficient (Wildman–Crippen LogP) is 4.79. The summed E-state index contributed by atoms with van der Waals surface area (Å²) in [5, 5.41) is 1.09. The summed E-state index contributed by atoms with van der Waals surface area (Å²) in [5.74, 6) is 0.538. The van der Waals surface area contributed by atoms with Gasteiger partial charge in [-0.1, -0.05) is 17.8 Å². The lowest BCUT2D eigenvalue weighted by Crippen LogP contribution is -2.44. The van der Waals surface area contributed by atoms with Crippen LogP contribution in [-0.4, -0.2) is 34.4 Å². The van der Waals surface area contributed by atoms with E-state index in [0.717, 1.165) is 32.6 Å². The molecule has 1 aliphatic rings. The van der Waals surface area contributed by atoms with Crippen molar-refractivity contribution in [2.45, 2.75) is 20.0 Å². The van der Waals surface area contributed by atoms with Gasteiger partial charge in [-0.15, -0.1) is 0 Å². The number of halogens is 1. The summed E-state index contributed by atoms with van der Waals surface area (Å²) < 4.78 is 11.8. The SMILES string of the molecule is COc1ccc(C(=O)NN2C(=O)/C(=C/c3ccc(OC(C)C)c(Br)c3)SC2=S)cc1. The van der Waals surface area contributed by atoms with E-state index in [1.165, 1.54) is 0 Å². The maximum Gasteiger partial charge on any atom is 0.285 e. The number of hydrogen-bond acceptors (Lipinski definition) is 6. The van der Waals surface area contributed by atoms with Crippen LogP contribution in [0.5, 0.6) is 11.5 Å². The normalized spacial score (nSPS) is 15.1. The summed E-state index contributed by atoms with van der Waals surface area (Å²) in [6, 6.07) is 12.1. The zero-order valence-corrected chi connectivity index (χ0v) is 19.7. The van der Waals surface area contributed by atoms with Crippen molar-refractivity contribution in [2.75, 3.05) is 7.11 Å². The molecule has 0 spiro atoms. The average Bonchev–Trinajstić information content (AvgIpc) is 2.97. The molecule has 0 aromatic heterocycles. The summed E-state index contributed by atoms with van der Waals surface area (Å²) in [4.78, 5) is 25.7. The van der Waals surface area contributed by atoms with E-state index in [9.17, 15) is 9.59 Å². The van der Waals surface area contributed by atoms with Crippen molar-refractivity contribution in [3.8, 4) is 11.5 Å². The van der Waals surface area contributed by atoms with Crippen molar-refractivity contribution in [2.24, 2.45) is 0 Å². The first kappa shape index (κ1) is 22.3. The predicted molar refractivity (Wildman–Crippen MR) is 125 cm³/mol. The molecule has 1 N–H and O–H groups in total. The fourth-order valence-electron chi connectivity index (χ4n) is 2.58. The molecule has 1 fully saturated rings. The molecule has 2 amide bonds. The molecular weight excluding hydrogens is 488 g/mol. The standard InChI is InChI=1S/C21H19BrN2O4S2/c1-12(2)28-17-9-4-13(10-16(17)22)11-18-20(26)24(21(29)30-18)23-19(25)14-5-7-15(27-3)8-6-14/h4-12H,1-3H3,(H,23,25)/b18-11-. The van der Waals surface area contributed by atoms with E-state index in [1.807, 2.05) is 32.0 Å². The van der Waals surface area contributed by atoms with Gasteiger partial charge in [0.2, 0.25) is 0 Å². The number of thiocarbonyl (C=S) groups is 1. The van der Waals surface area contributed by atoms with Gasteiger partial charge < -0.3 is 9.47 Å². The number of carbonyl (C=O) groups is 2. The van der Waals surface area contributed by atoms with Crippen molar-refractivity contribution < 1.29 is 19.1 Å². The van der Waals surface area contributed by atoms with E-state index in [1.54, 1.807) is 37.5 Å². The molecule has 2 aromatic carbocycles. The highest BCUT2D eigenvalue weighted by Gasteiger charge is 2.33. The summed E-state index contributed by atoms with van der Waals surface area (Å²) in [7, 11) is 1.55. The zero-order valence-electron chi connectivity index (χ0n) is 16.5. The lowest BCUT2D eigenvalue weighted by atomic mass is 10.2. The number of nitrogens with zero attached hydrogens (tertiary/aromatic N) is 1. The number of hydrazine groups is 1. The summed E-state index contributed by atoms with van der Waals surface area (Å²) in [5.41, 5.74) is 3.75. The second-order valence-electron chi connectivity index (χ2n) is 6.54. The molecule has 0 aliphatic carbocycles. The van der Waals surface area contributed by atoms with Gasteiger partial charge in [0.15, 0.2) is 4.32 Å². The van der Waals surface area contributed by atoms with Gasteiger partial charge in [-0.25, -0.2) is 0 Å². The quantitative estimate of drug-likeness (QED) is 0.448. The topological polar surface area (TPSA) is 67.9 Å². The van der Waals surface area contributed by atoms with Crippen molar-refractivity contribution >= 4 is 62.1 Å². The number of rotatable bonds is 6. The van der Waals surface area contributed by atoms with Crippen LogP contribution in [0.1, 0.15) is 29.8 Å². The molecule has 0 radical (unpaired) electrons. The number of hydrogen-bond donors (Lipinski definition) is 1. The van der Waals surface area contributed by atoms with E-state index in [4.69, 9.17) is 21.7 Å². The van der Waals surface area contributed by atoms with E-state index in [0.29, 0.717) is 16.2 Å². The summed E-state index contributed by atoms with van der Waals surface area (Å²) in [6.07, 6.45) is 1.78. The van der Waals surface area contributed by atoms with Gasteiger partial charge >= 0.3 is 0 Å². The van der Waals surface area contributed by atoms with E-state index in [-0.39, 0.29) is 16.3 Å². The first-order valence-corrected chi connectivity index (χ1v) is 11.0. The van der Waals surface area contributed by atoms with E-state index >= 15 is 0 Å². The van der Waals surface area contributed by atoms with Crippen LogP contribution in [0.25, 0.3) is 6.08 Å². The molecule has 0 bridgehead atoms.